The smallest absolute Gasteiger partial charge is 0.291 e. The van der Waals surface area contributed by atoms with Gasteiger partial charge in [-0.05, 0) is 43.2 Å². The van der Waals surface area contributed by atoms with Crippen LogP contribution in [0.4, 0.5) is 0 Å². The zero-order chi connectivity index (χ0) is 17.1. The van der Waals surface area contributed by atoms with Crippen molar-refractivity contribution in [3.8, 4) is 0 Å². The van der Waals surface area contributed by atoms with Crippen LogP contribution in [0.3, 0.4) is 0 Å². The molecule has 0 radical (unpaired) electrons. The van der Waals surface area contributed by atoms with Gasteiger partial charge in [0.1, 0.15) is 12.8 Å². The van der Waals surface area contributed by atoms with Gasteiger partial charge in [-0.25, -0.2) is 0 Å². The molecule has 0 spiro atoms. The molecule has 0 aliphatic heterocycles. The van der Waals surface area contributed by atoms with Crippen LogP contribution < -0.4 is 15.7 Å². The topological polar surface area (TPSA) is 60.3 Å². The van der Waals surface area contributed by atoms with E-state index in [0.29, 0.717) is 17.8 Å². The van der Waals surface area contributed by atoms with Gasteiger partial charge in [0.2, 0.25) is 0 Å². The zero-order valence-corrected chi connectivity index (χ0v) is 14.3. The first-order valence-corrected chi connectivity index (χ1v) is 8.59. The maximum atomic E-state index is 12.6. The fourth-order valence-corrected chi connectivity index (χ4v) is 3.46. The molecule has 0 unspecified atom stereocenters. The van der Waals surface area contributed by atoms with Crippen LogP contribution in [0.25, 0.3) is 10.8 Å². The molecular weight excluding hydrogens is 304 g/mol. The molecule has 5 heteroatoms. The molecule has 5 nitrogen and oxygen atoms in total. The van der Waals surface area contributed by atoms with Gasteiger partial charge < -0.3 is 10.2 Å². The van der Waals surface area contributed by atoms with Crippen LogP contribution >= 0.6 is 0 Å². The van der Waals surface area contributed by atoms with Gasteiger partial charge in [-0.3, -0.25) is 9.59 Å². The van der Waals surface area contributed by atoms with Crippen molar-refractivity contribution in [1.29, 1.82) is 0 Å². The quantitative estimate of drug-likeness (QED) is 0.939. The number of aryl methyl sites for hydroxylation is 1. The fraction of sp³-hybridized carbons (Fsp3) is 0.474. The monoisotopic (exact) mass is 328 g/mol. The van der Waals surface area contributed by atoms with Crippen LogP contribution in [0, 0.1) is 12.8 Å². The number of benzene rings is 1. The van der Waals surface area contributed by atoms with E-state index in [4.69, 9.17) is 4.84 Å². The third-order valence-corrected chi connectivity index (χ3v) is 4.83. The van der Waals surface area contributed by atoms with E-state index in [2.05, 4.69) is 5.32 Å². The molecule has 3 rings (SSSR count). The molecule has 1 N–H and O–H groups in total. The van der Waals surface area contributed by atoms with Crippen LogP contribution in [0.1, 0.15) is 48.2 Å². The summed E-state index contributed by atoms with van der Waals surface area (Å²) in [6.07, 6.45) is 6.08. The predicted molar refractivity (Wildman–Crippen MR) is 94.4 cm³/mol. The number of rotatable bonds is 4. The van der Waals surface area contributed by atoms with Gasteiger partial charge >= 0.3 is 0 Å². The third-order valence-electron chi connectivity index (χ3n) is 4.83. The van der Waals surface area contributed by atoms with Crippen molar-refractivity contribution in [2.75, 3.05) is 13.7 Å². The molecule has 0 atom stereocenters. The highest BCUT2D eigenvalue weighted by Crippen LogP contribution is 2.23. The van der Waals surface area contributed by atoms with Crippen LogP contribution in [0.2, 0.25) is 0 Å². The van der Waals surface area contributed by atoms with Crippen molar-refractivity contribution >= 4 is 16.7 Å². The normalized spacial score (nSPS) is 15.4. The maximum absolute atomic E-state index is 12.6. The predicted octanol–water partition coefficient (Wildman–Crippen LogP) is 2.68. The Bertz CT molecular complexity index is 804. The molecular formula is C19H24N2O3. The lowest BCUT2D eigenvalue weighted by molar-refractivity contribution is 0.0875. The Morgan fingerprint density at radius 1 is 1.25 bits per heavy atom. The van der Waals surface area contributed by atoms with Crippen LogP contribution in [-0.4, -0.2) is 24.3 Å². The molecule has 1 aliphatic carbocycles. The summed E-state index contributed by atoms with van der Waals surface area (Å²) in [5.74, 6) is 0.274. The van der Waals surface area contributed by atoms with Crippen molar-refractivity contribution in [2.24, 2.45) is 5.92 Å². The lowest BCUT2D eigenvalue weighted by Gasteiger charge is -2.22. The lowest BCUT2D eigenvalue weighted by Crippen LogP contribution is -2.37. The second-order valence-electron chi connectivity index (χ2n) is 6.62. The Hall–Kier alpha value is -2.30. The standard InChI is InChI=1S/C19H24N2O3/c1-13-8-9-15-11-17(21(24-2)19(23)16(15)10-13)18(22)20-12-14-6-4-3-5-7-14/h8-11,14H,3-7,12H2,1-2H3,(H,20,22). The summed E-state index contributed by atoms with van der Waals surface area (Å²) >= 11 is 0. The Kier molecular flexibility index (Phi) is 4.88. The minimum Gasteiger partial charge on any atom is -0.413 e. The molecule has 1 aliphatic rings. The Balaban J connectivity index is 1.88. The highest BCUT2D eigenvalue weighted by molar-refractivity contribution is 5.96. The van der Waals surface area contributed by atoms with E-state index in [1.54, 1.807) is 6.07 Å². The fourth-order valence-electron chi connectivity index (χ4n) is 3.46. The van der Waals surface area contributed by atoms with Gasteiger partial charge in [-0.2, -0.15) is 0 Å². The van der Waals surface area contributed by atoms with E-state index in [-0.39, 0.29) is 17.2 Å². The largest absolute Gasteiger partial charge is 0.413 e. The summed E-state index contributed by atoms with van der Waals surface area (Å²) in [6, 6.07) is 7.33. The van der Waals surface area contributed by atoms with E-state index in [1.807, 2.05) is 25.1 Å². The number of amides is 1. The molecule has 0 saturated heterocycles. The molecule has 1 heterocycles. The van der Waals surface area contributed by atoms with Gasteiger partial charge in [-0.15, -0.1) is 4.73 Å². The van der Waals surface area contributed by atoms with Crippen molar-refractivity contribution in [3.05, 3.63) is 45.9 Å². The number of nitrogens with zero attached hydrogens (tertiary/aromatic N) is 1. The van der Waals surface area contributed by atoms with Crippen LogP contribution in [-0.2, 0) is 0 Å². The lowest BCUT2D eigenvalue weighted by atomic mass is 9.89. The molecule has 2 aromatic rings. The number of pyridine rings is 1. The minimum absolute atomic E-state index is 0.245. The van der Waals surface area contributed by atoms with E-state index >= 15 is 0 Å². The number of carbonyl (C=O) groups is 1. The highest BCUT2D eigenvalue weighted by atomic mass is 16.6. The average molecular weight is 328 g/mol. The van der Waals surface area contributed by atoms with E-state index in [0.717, 1.165) is 28.5 Å². The summed E-state index contributed by atoms with van der Waals surface area (Å²) in [4.78, 5) is 30.4. The number of hydrogen-bond acceptors (Lipinski definition) is 3. The first-order chi connectivity index (χ1) is 11.6. The minimum atomic E-state index is -0.304. The van der Waals surface area contributed by atoms with Crippen LogP contribution in [0.15, 0.2) is 29.1 Å². The second kappa shape index (κ2) is 7.07. The maximum Gasteiger partial charge on any atom is 0.291 e. The first-order valence-electron chi connectivity index (χ1n) is 8.59. The molecule has 1 amide bonds. The average Bonchev–Trinajstić information content (AvgIpc) is 2.61. The summed E-state index contributed by atoms with van der Waals surface area (Å²) in [7, 11) is 1.40. The summed E-state index contributed by atoms with van der Waals surface area (Å²) in [5.41, 5.74) is 0.938. The van der Waals surface area contributed by atoms with Gasteiger partial charge in [0.25, 0.3) is 11.5 Å². The molecule has 1 saturated carbocycles. The Labute approximate surface area is 141 Å². The van der Waals surface area contributed by atoms with Gasteiger partial charge in [0.15, 0.2) is 0 Å². The number of fused-ring (bicyclic) bond motifs is 1. The summed E-state index contributed by atoms with van der Waals surface area (Å²) in [6.45, 7) is 2.59. The van der Waals surface area contributed by atoms with Crippen LogP contribution in [0.5, 0.6) is 0 Å². The number of hydrogen-bond donors (Lipinski definition) is 1. The van der Waals surface area contributed by atoms with E-state index < -0.39 is 0 Å². The molecule has 1 aromatic carbocycles. The van der Waals surface area contributed by atoms with Crippen molar-refractivity contribution < 1.29 is 9.63 Å². The molecule has 128 valence electrons. The Morgan fingerprint density at radius 2 is 2.00 bits per heavy atom. The molecule has 24 heavy (non-hydrogen) atoms. The van der Waals surface area contributed by atoms with Gasteiger partial charge in [0, 0.05) is 6.54 Å². The number of nitrogens with one attached hydrogen (secondary N) is 1. The van der Waals surface area contributed by atoms with E-state index in [1.165, 1.54) is 26.4 Å². The van der Waals surface area contributed by atoms with Crippen molar-refractivity contribution in [2.45, 2.75) is 39.0 Å². The SMILES string of the molecule is COn1c(C(=O)NCC2CCCCC2)cc2ccc(C)cc2c1=O. The first kappa shape index (κ1) is 16.6. The van der Waals surface area contributed by atoms with Crippen molar-refractivity contribution in [3.63, 3.8) is 0 Å². The zero-order valence-electron chi connectivity index (χ0n) is 14.3. The highest BCUT2D eigenvalue weighted by Gasteiger charge is 2.19. The second-order valence-corrected chi connectivity index (χ2v) is 6.62. The number of aromatic nitrogens is 1. The van der Waals surface area contributed by atoms with Gasteiger partial charge in [-0.1, -0.05) is 37.0 Å². The number of carbonyl (C=O) groups excluding carboxylic acids is 1. The molecule has 1 aromatic heterocycles. The summed E-state index contributed by atoms with van der Waals surface area (Å²) < 4.78 is 1.08. The third kappa shape index (κ3) is 3.30. The Morgan fingerprint density at radius 3 is 2.71 bits per heavy atom. The molecule has 1 fully saturated rings. The van der Waals surface area contributed by atoms with Crippen molar-refractivity contribution in [1.82, 2.24) is 10.0 Å². The summed E-state index contributed by atoms with van der Waals surface area (Å²) in [5, 5.41) is 4.28. The van der Waals surface area contributed by atoms with E-state index in [9.17, 15) is 9.59 Å². The van der Waals surface area contributed by atoms with Gasteiger partial charge in [0.05, 0.1) is 5.39 Å². The molecule has 0 bridgehead atoms.